The maximum Gasteiger partial charge on any atom is 0.337 e. The van der Waals surface area contributed by atoms with E-state index in [9.17, 15) is 4.79 Å². The van der Waals surface area contributed by atoms with E-state index in [0.717, 1.165) is 12.1 Å². The van der Waals surface area contributed by atoms with E-state index in [2.05, 4.69) is 18.0 Å². The molecular weight excluding hydrogens is 274 g/mol. The van der Waals surface area contributed by atoms with Gasteiger partial charge < -0.3 is 10.1 Å². The fourth-order valence-electron chi connectivity index (χ4n) is 2.59. The highest BCUT2D eigenvalue weighted by Gasteiger charge is 2.03. The summed E-state index contributed by atoms with van der Waals surface area (Å²) in [6, 6.07) is 1.66. The number of aromatic nitrogens is 1. The van der Waals surface area contributed by atoms with Gasteiger partial charge in [-0.2, -0.15) is 0 Å². The van der Waals surface area contributed by atoms with E-state index < -0.39 is 5.97 Å². The van der Waals surface area contributed by atoms with Gasteiger partial charge in [0.2, 0.25) is 0 Å². The van der Waals surface area contributed by atoms with Gasteiger partial charge in [-0.1, -0.05) is 70.8 Å². The first-order valence-corrected chi connectivity index (χ1v) is 8.82. The van der Waals surface area contributed by atoms with E-state index in [0.29, 0.717) is 5.56 Å². The minimum Gasteiger partial charge on any atom is -0.478 e. The van der Waals surface area contributed by atoms with Crippen LogP contribution in [0.4, 0.5) is 0 Å². The van der Waals surface area contributed by atoms with Crippen molar-refractivity contribution in [1.82, 2.24) is 4.98 Å². The van der Waals surface area contributed by atoms with Crippen LogP contribution in [0.25, 0.3) is 6.08 Å². The molecule has 0 aromatic carbocycles. The average molecular weight is 305 g/mol. The Balaban J connectivity index is 1.94. The molecule has 1 aromatic rings. The molecule has 0 bridgehead atoms. The monoisotopic (exact) mass is 305 g/mol. The van der Waals surface area contributed by atoms with Gasteiger partial charge in [0.15, 0.2) is 0 Å². The standard InChI is InChI=1S/C19H31NO2/c1-2-3-4-5-6-7-8-9-10-11-12-13-14-18-15-17(16-20-18)19(21)22/h13-16,20H,2-12H2,1H3,(H,21,22). The van der Waals surface area contributed by atoms with Gasteiger partial charge in [-0.15, -0.1) is 0 Å². The van der Waals surface area contributed by atoms with Gasteiger partial charge in [0.1, 0.15) is 0 Å². The number of allylic oxidation sites excluding steroid dienone is 1. The lowest BCUT2D eigenvalue weighted by Gasteiger charge is -2.01. The van der Waals surface area contributed by atoms with Gasteiger partial charge in [-0.05, 0) is 25.0 Å². The Morgan fingerprint density at radius 3 is 2.18 bits per heavy atom. The molecule has 124 valence electrons. The van der Waals surface area contributed by atoms with Crippen molar-refractivity contribution < 1.29 is 9.90 Å². The van der Waals surface area contributed by atoms with Gasteiger partial charge in [0, 0.05) is 11.9 Å². The Morgan fingerprint density at radius 2 is 1.64 bits per heavy atom. The zero-order valence-electron chi connectivity index (χ0n) is 13.9. The molecule has 0 aliphatic rings. The first-order valence-electron chi connectivity index (χ1n) is 8.82. The molecule has 2 N–H and O–H groups in total. The topological polar surface area (TPSA) is 53.1 Å². The fraction of sp³-hybridized carbons (Fsp3) is 0.632. The molecule has 0 radical (unpaired) electrons. The molecule has 0 fully saturated rings. The molecule has 0 saturated carbocycles. The van der Waals surface area contributed by atoms with E-state index in [-0.39, 0.29) is 0 Å². The van der Waals surface area contributed by atoms with Crippen molar-refractivity contribution in [2.24, 2.45) is 0 Å². The quantitative estimate of drug-likeness (QED) is 0.437. The molecule has 3 nitrogen and oxygen atoms in total. The second-order valence-corrected chi connectivity index (χ2v) is 6.02. The van der Waals surface area contributed by atoms with Crippen molar-refractivity contribution in [2.75, 3.05) is 0 Å². The number of aromatic amines is 1. The number of carbonyl (C=O) groups is 1. The summed E-state index contributed by atoms with van der Waals surface area (Å²) in [5.74, 6) is -0.884. The molecule has 0 aliphatic heterocycles. The average Bonchev–Trinajstić information content (AvgIpc) is 2.97. The molecular formula is C19H31NO2. The predicted octanol–water partition coefficient (Wildman–Crippen LogP) is 6.04. The fourth-order valence-corrected chi connectivity index (χ4v) is 2.59. The largest absolute Gasteiger partial charge is 0.478 e. The van der Waals surface area contributed by atoms with Crippen molar-refractivity contribution in [3.63, 3.8) is 0 Å². The van der Waals surface area contributed by atoms with E-state index in [4.69, 9.17) is 5.11 Å². The summed E-state index contributed by atoms with van der Waals surface area (Å²) < 4.78 is 0. The Labute approximate surface area is 134 Å². The normalized spacial score (nSPS) is 11.3. The first-order chi connectivity index (χ1) is 10.7. The van der Waals surface area contributed by atoms with Crippen molar-refractivity contribution in [2.45, 2.75) is 77.6 Å². The van der Waals surface area contributed by atoms with Crippen LogP contribution in [-0.2, 0) is 0 Å². The summed E-state index contributed by atoms with van der Waals surface area (Å²) in [4.78, 5) is 13.7. The van der Waals surface area contributed by atoms with Gasteiger partial charge in [-0.3, -0.25) is 0 Å². The van der Waals surface area contributed by atoms with Crippen LogP contribution < -0.4 is 0 Å². The summed E-state index contributed by atoms with van der Waals surface area (Å²) in [6.45, 7) is 2.26. The highest BCUT2D eigenvalue weighted by Crippen LogP contribution is 2.12. The number of nitrogens with one attached hydrogen (secondary N) is 1. The van der Waals surface area contributed by atoms with Gasteiger partial charge in [0.25, 0.3) is 0 Å². The molecule has 0 unspecified atom stereocenters. The lowest BCUT2D eigenvalue weighted by molar-refractivity contribution is 0.0697. The third-order valence-corrected chi connectivity index (χ3v) is 3.97. The lowest BCUT2D eigenvalue weighted by atomic mass is 10.1. The zero-order chi connectivity index (χ0) is 16.0. The summed E-state index contributed by atoms with van der Waals surface area (Å²) >= 11 is 0. The van der Waals surface area contributed by atoms with Crippen molar-refractivity contribution in [3.05, 3.63) is 29.6 Å². The summed E-state index contributed by atoms with van der Waals surface area (Å²) in [5.41, 5.74) is 1.18. The maximum absolute atomic E-state index is 10.7. The number of H-pyrrole nitrogens is 1. The SMILES string of the molecule is CCCCCCCCCCCCC=Cc1cc(C(=O)O)c[nH]1. The van der Waals surface area contributed by atoms with Crippen LogP contribution in [0.2, 0.25) is 0 Å². The van der Waals surface area contributed by atoms with Gasteiger partial charge in [0.05, 0.1) is 5.56 Å². The molecule has 0 amide bonds. The minimum absolute atomic E-state index is 0.318. The molecule has 0 saturated heterocycles. The van der Waals surface area contributed by atoms with Crippen molar-refractivity contribution in [3.8, 4) is 0 Å². The lowest BCUT2D eigenvalue weighted by Crippen LogP contribution is -1.91. The van der Waals surface area contributed by atoms with Crippen LogP contribution in [-0.4, -0.2) is 16.1 Å². The van der Waals surface area contributed by atoms with E-state index in [1.165, 1.54) is 70.4 Å². The number of aromatic carboxylic acids is 1. The molecule has 0 spiro atoms. The van der Waals surface area contributed by atoms with E-state index in [1.54, 1.807) is 6.07 Å². The van der Waals surface area contributed by atoms with Crippen LogP contribution in [0.3, 0.4) is 0 Å². The molecule has 3 heteroatoms. The molecule has 0 atom stereocenters. The highest BCUT2D eigenvalue weighted by atomic mass is 16.4. The first kappa shape index (κ1) is 18.5. The second-order valence-electron chi connectivity index (χ2n) is 6.02. The molecule has 1 rings (SSSR count). The Hall–Kier alpha value is -1.51. The Morgan fingerprint density at radius 1 is 1.05 bits per heavy atom. The number of hydrogen-bond acceptors (Lipinski definition) is 1. The Kier molecular flexibility index (Phi) is 10.2. The van der Waals surface area contributed by atoms with E-state index in [1.807, 2.05) is 6.08 Å². The van der Waals surface area contributed by atoms with Crippen molar-refractivity contribution >= 4 is 12.0 Å². The third-order valence-electron chi connectivity index (χ3n) is 3.97. The maximum atomic E-state index is 10.7. The molecule has 1 heterocycles. The zero-order valence-corrected chi connectivity index (χ0v) is 13.9. The highest BCUT2D eigenvalue weighted by molar-refractivity contribution is 5.88. The minimum atomic E-state index is -0.884. The van der Waals surface area contributed by atoms with Crippen LogP contribution in [0.1, 0.15) is 93.6 Å². The smallest absolute Gasteiger partial charge is 0.337 e. The molecule has 1 aromatic heterocycles. The van der Waals surface area contributed by atoms with Gasteiger partial charge in [-0.25, -0.2) is 4.79 Å². The van der Waals surface area contributed by atoms with Crippen molar-refractivity contribution in [1.29, 1.82) is 0 Å². The number of hydrogen-bond donors (Lipinski definition) is 2. The second kappa shape index (κ2) is 12.1. The summed E-state index contributed by atoms with van der Waals surface area (Å²) in [7, 11) is 0. The van der Waals surface area contributed by atoms with E-state index >= 15 is 0 Å². The Bertz CT molecular complexity index is 434. The summed E-state index contributed by atoms with van der Waals surface area (Å²) in [6.07, 6.45) is 20.2. The number of rotatable bonds is 13. The van der Waals surface area contributed by atoms with Crippen LogP contribution in [0.5, 0.6) is 0 Å². The predicted molar refractivity (Wildman–Crippen MR) is 93.2 cm³/mol. The number of carboxylic acids is 1. The van der Waals surface area contributed by atoms with Gasteiger partial charge >= 0.3 is 5.97 Å². The third kappa shape index (κ3) is 8.71. The number of carboxylic acid groups (broad SMARTS) is 1. The number of unbranched alkanes of at least 4 members (excludes halogenated alkanes) is 10. The summed E-state index contributed by atoms with van der Waals surface area (Å²) in [5, 5.41) is 8.83. The van der Waals surface area contributed by atoms with Crippen LogP contribution in [0, 0.1) is 0 Å². The molecule has 22 heavy (non-hydrogen) atoms. The molecule has 0 aliphatic carbocycles. The van der Waals surface area contributed by atoms with Crippen LogP contribution in [0.15, 0.2) is 18.3 Å². The van der Waals surface area contributed by atoms with Crippen LogP contribution >= 0.6 is 0 Å².